The van der Waals surface area contributed by atoms with Gasteiger partial charge in [0.2, 0.25) is 0 Å². The van der Waals surface area contributed by atoms with Crippen molar-refractivity contribution >= 4 is 11.8 Å². The van der Waals surface area contributed by atoms with E-state index in [1.807, 2.05) is 24.3 Å². The second-order valence-electron chi connectivity index (χ2n) is 7.02. The van der Waals surface area contributed by atoms with Gasteiger partial charge in [-0.1, -0.05) is 18.2 Å². The Labute approximate surface area is 157 Å². The number of ether oxygens (including phenoxy) is 1. The molecule has 0 aliphatic carbocycles. The van der Waals surface area contributed by atoms with Gasteiger partial charge in [-0.25, -0.2) is 4.79 Å². The highest BCUT2D eigenvalue weighted by Crippen LogP contribution is 2.32. The quantitative estimate of drug-likeness (QED) is 0.818. The molecule has 1 fully saturated rings. The minimum Gasteiger partial charge on any atom is -0.508 e. The van der Waals surface area contributed by atoms with Crippen LogP contribution in [0.3, 0.4) is 0 Å². The van der Waals surface area contributed by atoms with E-state index in [0.29, 0.717) is 38.1 Å². The minimum atomic E-state index is -0.134. The number of amides is 2. The number of phenolic OH excluding ortho intramolecular Hbond substituents is 1. The molecule has 2 N–H and O–H groups in total. The first kappa shape index (κ1) is 17.4. The molecule has 2 aliphatic rings. The Kier molecular flexibility index (Phi) is 4.71. The van der Waals surface area contributed by atoms with Crippen molar-refractivity contribution in [1.82, 2.24) is 10.2 Å². The van der Waals surface area contributed by atoms with E-state index >= 15 is 0 Å². The molecule has 0 radical (unpaired) electrons. The zero-order chi connectivity index (χ0) is 18.8. The number of ketones is 1. The molecule has 0 unspecified atom stereocenters. The lowest BCUT2D eigenvalue weighted by Gasteiger charge is -2.32. The van der Waals surface area contributed by atoms with Gasteiger partial charge >= 0.3 is 6.03 Å². The first-order chi connectivity index (χ1) is 13.1. The first-order valence-electron chi connectivity index (χ1n) is 9.22. The molecule has 2 heterocycles. The van der Waals surface area contributed by atoms with Gasteiger partial charge < -0.3 is 20.1 Å². The summed E-state index contributed by atoms with van der Waals surface area (Å²) >= 11 is 0. The summed E-state index contributed by atoms with van der Waals surface area (Å²) in [6.07, 6.45) is 1.29. The summed E-state index contributed by atoms with van der Waals surface area (Å²) < 4.78 is 5.61. The van der Waals surface area contributed by atoms with E-state index in [0.717, 1.165) is 11.3 Å². The van der Waals surface area contributed by atoms with Crippen molar-refractivity contribution in [3.05, 3.63) is 59.7 Å². The van der Waals surface area contributed by atoms with E-state index in [-0.39, 0.29) is 29.5 Å². The standard InChI is InChI=1S/C21H22N2O4/c24-16-7-5-14(6-8-16)20(25)15-9-11-23(12-10-15)21(26)22-18-13-27-19-4-2-1-3-17(18)19/h1-8,15,18,24H,9-13H2,(H,22,26)/t18-/m0/s1. The number of Topliss-reactive ketones (excluding diaryl/α,β-unsaturated/α-hetero) is 1. The van der Waals surface area contributed by atoms with E-state index < -0.39 is 0 Å². The highest BCUT2D eigenvalue weighted by Gasteiger charge is 2.31. The van der Waals surface area contributed by atoms with Crippen molar-refractivity contribution < 1.29 is 19.4 Å². The molecule has 6 nitrogen and oxygen atoms in total. The molecule has 0 saturated carbocycles. The average molecular weight is 366 g/mol. The number of rotatable bonds is 3. The highest BCUT2D eigenvalue weighted by molar-refractivity contribution is 5.98. The van der Waals surface area contributed by atoms with Gasteiger partial charge in [0.05, 0.1) is 6.04 Å². The zero-order valence-corrected chi connectivity index (χ0v) is 14.9. The second kappa shape index (κ2) is 7.31. The largest absolute Gasteiger partial charge is 0.508 e. The third kappa shape index (κ3) is 3.60. The van der Waals surface area contributed by atoms with Gasteiger partial charge in [-0.05, 0) is 43.2 Å². The fourth-order valence-corrected chi connectivity index (χ4v) is 3.73. The van der Waals surface area contributed by atoms with Crippen molar-refractivity contribution in [3.63, 3.8) is 0 Å². The van der Waals surface area contributed by atoms with Gasteiger partial charge in [0.25, 0.3) is 0 Å². The second-order valence-corrected chi connectivity index (χ2v) is 7.02. The number of nitrogens with one attached hydrogen (secondary N) is 1. The SMILES string of the molecule is O=C(c1ccc(O)cc1)C1CCN(C(=O)N[C@H]2COc3ccccc32)CC1. The van der Waals surface area contributed by atoms with Crippen LogP contribution in [-0.2, 0) is 0 Å². The molecular weight excluding hydrogens is 344 g/mol. The van der Waals surface area contributed by atoms with Crippen LogP contribution >= 0.6 is 0 Å². The number of nitrogens with zero attached hydrogens (tertiary/aromatic N) is 1. The number of likely N-dealkylation sites (tertiary alicyclic amines) is 1. The number of carbonyl (C=O) groups excluding carboxylic acids is 2. The number of carbonyl (C=O) groups is 2. The number of phenols is 1. The Balaban J connectivity index is 1.32. The maximum absolute atomic E-state index is 12.6. The fourth-order valence-electron chi connectivity index (χ4n) is 3.73. The van der Waals surface area contributed by atoms with Crippen molar-refractivity contribution in [1.29, 1.82) is 0 Å². The van der Waals surface area contributed by atoms with Crippen LogP contribution in [0.2, 0.25) is 0 Å². The molecule has 2 aromatic rings. The predicted octanol–water partition coefficient (Wildman–Crippen LogP) is 3.13. The number of benzene rings is 2. The van der Waals surface area contributed by atoms with Crippen molar-refractivity contribution in [2.24, 2.45) is 5.92 Å². The van der Waals surface area contributed by atoms with E-state index in [4.69, 9.17) is 4.74 Å². The van der Waals surface area contributed by atoms with Crippen molar-refractivity contribution in [3.8, 4) is 11.5 Å². The average Bonchev–Trinajstić information content (AvgIpc) is 3.11. The van der Waals surface area contributed by atoms with Gasteiger partial charge in [0.1, 0.15) is 18.1 Å². The Morgan fingerprint density at radius 1 is 1.04 bits per heavy atom. The molecule has 4 rings (SSSR count). The summed E-state index contributed by atoms with van der Waals surface area (Å²) in [6, 6.07) is 13.8. The van der Waals surface area contributed by atoms with Crippen LogP contribution in [0.15, 0.2) is 48.5 Å². The molecule has 0 spiro atoms. The lowest BCUT2D eigenvalue weighted by molar-refractivity contribution is 0.0853. The maximum Gasteiger partial charge on any atom is 0.318 e. The van der Waals surface area contributed by atoms with E-state index in [2.05, 4.69) is 5.32 Å². The number of hydrogen-bond donors (Lipinski definition) is 2. The van der Waals surface area contributed by atoms with Crippen molar-refractivity contribution in [2.75, 3.05) is 19.7 Å². The third-order valence-electron chi connectivity index (χ3n) is 5.30. The molecule has 1 atom stereocenters. The zero-order valence-electron chi connectivity index (χ0n) is 14.9. The highest BCUT2D eigenvalue weighted by atomic mass is 16.5. The Hall–Kier alpha value is -3.02. The van der Waals surface area contributed by atoms with Crippen LogP contribution < -0.4 is 10.1 Å². The Bertz CT molecular complexity index is 842. The molecule has 140 valence electrons. The Morgan fingerprint density at radius 3 is 2.48 bits per heavy atom. The van der Waals surface area contributed by atoms with E-state index in [1.54, 1.807) is 17.0 Å². The molecule has 27 heavy (non-hydrogen) atoms. The molecule has 0 aromatic heterocycles. The molecule has 6 heteroatoms. The lowest BCUT2D eigenvalue weighted by Crippen LogP contribution is -2.46. The molecule has 2 aromatic carbocycles. The molecule has 0 bridgehead atoms. The minimum absolute atomic E-state index is 0.0770. The van der Waals surface area contributed by atoms with Crippen molar-refractivity contribution in [2.45, 2.75) is 18.9 Å². The van der Waals surface area contributed by atoms with Gasteiger partial charge in [0, 0.05) is 30.1 Å². The normalized spacial score (nSPS) is 19.3. The van der Waals surface area contributed by atoms with Gasteiger partial charge in [-0.3, -0.25) is 4.79 Å². The number of piperidine rings is 1. The first-order valence-corrected chi connectivity index (χ1v) is 9.22. The molecule has 2 amide bonds. The summed E-state index contributed by atoms with van der Waals surface area (Å²) in [7, 11) is 0. The lowest BCUT2D eigenvalue weighted by atomic mass is 9.89. The smallest absolute Gasteiger partial charge is 0.318 e. The van der Waals surface area contributed by atoms with Gasteiger partial charge in [-0.2, -0.15) is 0 Å². The summed E-state index contributed by atoms with van der Waals surface area (Å²) in [5.74, 6) is 0.957. The van der Waals surface area contributed by atoms with Crippen LogP contribution in [0.1, 0.15) is 34.8 Å². The van der Waals surface area contributed by atoms with Crippen LogP contribution in [0.4, 0.5) is 4.79 Å². The Morgan fingerprint density at radius 2 is 1.74 bits per heavy atom. The van der Waals surface area contributed by atoms with Crippen LogP contribution in [-0.4, -0.2) is 41.5 Å². The summed E-state index contributed by atoms with van der Waals surface area (Å²) in [5, 5.41) is 12.4. The monoisotopic (exact) mass is 366 g/mol. The summed E-state index contributed by atoms with van der Waals surface area (Å²) in [6.45, 7) is 1.55. The predicted molar refractivity (Wildman–Crippen MR) is 99.9 cm³/mol. The number of hydrogen-bond acceptors (Lipinski definition) is 4. The summed E-state index contributed by atoms with van der Waals surface area (Å²) in [5.41, 5.74) is 1.61. The molecule has 1 saturated heterocycles. The number of urea groups is 1. The van der Waals surface area contributed by atoms with E-state index in [1.165, 1.54) is 12.1 Å². The summed E-state index contributed by atoms with van der Waals surface area (Å²) in [4.78, 5) is 26.9. The number of fused-ring (bicyclic) bond motifs is 1. The van der Waals surface area contributed by atoms with Gasteiger partial charge in [0.15, 0.2) is 5.78 Å². The number of aromatic hydroxyl groups is 1. The third-order valence-corrected chi connectivity index (χ3v) is 5.30. The molecule has 2 aliphatic heterocycles. The van der Waals surface area contributed by atoms with Crippen LogP contribution in [0, 0.1) is 5.92 Å². The fraction of sp³-hybridized carbons (Fsp3) is 0.333. The van der Waals surface area contributed by atoms with E-state index in [9.17, 15) is 14.7 Å². The number of para-hydroxylation sites is 1. The topological polar surface area (TPSA) is 78.9 Å². The molecular formula is C21H22N2O4. The maximum atomic E-state index is 12.6. The van der Waals surface area contributed by atoms with Crippen LogP contribution in [0.25, 0.3) is 0 Å². The van der Waals surface area contributed by atoms with Gasteiger partial charge in [-0.15, -0.1) is 0 Å². The van der Waals surface area contributed by atoms with Crippen LogP contribution in [0.5, 0.6) is 11.5 Å².